The number of imidazole rings is 1. The second-order valence-electron chi connectivity index (χ2n) is 6.37. The Morgan fingerprint density at radius 2 is 2.48 bits per heavy atom. The van der Waals surface area contributed by atoms with Crippen LogP contribution in [0.25, 0.3) is 0 Å². The van der Waals surface area contributed by atoms with Crippen LogP contribution in [0.4, 0.5) is 4.79 Å². The Morgan fingerprint density at radius 1 is 1.57 bits per heavy atom. The van der Waals surface area contributed by atoms with Crippen molar-refractivity contribution in [2.24, 2.45) is 5.92 Å². The summed E-state index contributed by atoms with van der Waals surface area (Å²) in [5.74, 6) is 1.64. The molecule has 2 aliphatic heterocycles. The lowest BCUT2D eigenvalue weighted by Crippen LogP contribution is -2.46. The predicted molar refractivity (Wildman–Crippen MR) is 79.0 cm³/mol. The van der Waals surface area contributed by atoms with Gasteiger partial charge in [0.15, 0.2) is 0 Å². The molecular formula is C15H24N4O2. The molecule has 2 atom stereocenters. The van der Waals surface area contributed by atoms with Crippen LogP contribution < -0.4 is 10.6 Å². The monoisotopic (exact) mass is 292 g/mol. The molecule has 2 amide bonds. The van der Waals surface area contributed by atoms with Gasteiger partial charge in [0.2, 0.25) is 0 Å². The van der Waals surface area contributed by atoms with Gasteiger partial charge in [-0.25, -0.2) is 9.78 Å². The van der Waals surface area contributed by atoms with Gasteiger partial charge in [0.25, 0.3) is 0 Å². The number of amides is 2. The molecule has 6 heteroatoms. The number of carbonyl (C=O) groups excluding carboxylic acids is 1. The number of fused-ring (bicyclic) bond motifs is 1. The molecule has 6 nitrogen and oxygen atoms in total. The van der Waals surface area contributed by atoms with Gasteiger partial charge in [-0.2, -0.15) is 0 Å². The maximum Gasteiger partial charge on any atom is 0.314 e. The van der Waals surface area contributed by atoms with Crippen LogP contribution in [-0.2, 0) is 17.7 Å². The van der Waals surface area contributed by atoms with Crippen LogP contribution in [0.5, 0.6) is 0 Å². The van der Waals surface area contributed by atoms with Gasteiger partial charge < -0.3 is 19.9 Å². The number of aryl methyl sites for hydroxylation is 1. The van der Waals surface area contributed by atoms with Crippen molar-refractivity contribution in [3.8, 4) is 0 Å². The highest BCUT2D eigenvalue weighted by Gasteiger charge is 2.30. The first-order chi connectivity index (χ1) is 10.1. The first-order valence-corrected chi connectivity index (χ1v) is 7.80. The Bertz CT molecular complexity index is 494. The molecule has 0 radical (unpaired) electrons. The van der Waals surface area contributed by atoms with E-state index in [0.29, 0.717) is 19.0 Å². The van der Waals surface area contributed by atoms with Crippen LogP contribution in [0.3, 0.4) is 0 Å². The lowest BCUT2D eigenvalue weighted by Gasteiger charge is -2.25. The Morgan fingerprint density at radius 3 is 3.29 bits per heavy atom. The lowest BCUT2D eigenvalue weighted by molar-refractivity contribution is 0.0229. The minimum Gasteiger partial charge on any atom is -0.373 e. The van der Waals surface area contributed by atoms with Gasteiger partial charge in [0.05, 0.1) is 5.60 Å². The fourth-order valence-electron chi connectivity index (χ4n) is 3.15. The SMILES string of the molecule is C[C@@]1(CNC(=O)NC[C@@H]2CCc3nccn3C2)CCCO1. The fraction of sp³-hybridized carbons (Fsp3) is 0.733. The molecular weight excluding hydrogens is 268 g/mol. The van der Waals surface area contributed by atoms with Crippen molar-refractivity contribution in [1.82, 2.24) is 20.2 Å². The quantitative estimate of drug-likeness (QED) is 0.879. The van der Waals surface area contributed by atoms with E-state index in [9.17, 15) is 4.79 Å². The second kappa shape index (κ2) is 6.05. The summed E-state index contributed by atoms with van der Waals surface area (Å²) in [7, 11) is 0. The van der Waals surface area contributed by atoms with Gasteiger partial charge in [-0.1, -0.05) is 0 Å². The molecule has 1 saturated heterocycles. The third-order valence-electron chi connectivity index (χ3n) is 4.51. The minimum atomic E-state index is -0.187. The number of carbonyl (C=O) groups is 1. The van der Waals surface area contributed by atoms with E-state index in [4.69, 9.17) is 4.74 Å². The molecule has 1 fully saturated rings. The van der Waals surface area contributed by atoms with E-state index in [1.165, 1.54) is 0 Å². The first kappa shape index (κ1) is 14.4. The summed E-state index contributed by atoms with van der Waals surface area (Å²) < 4.78 is 7.84. The molecule has 0 unspecified atom stereocenters. The van der Waals surface area contributed by atoms with Crippen molar-refractivity contribution in [3.63, 3.8) is 0 Å². The zero-order valence-electron chi connectivity index (χ0n) is 12.6. The molecule has 0 spiro atoms. The van der Waals surface area contributed by atoms with Crippen molar-refractivity contribution < 1.29 is 9.53 Å². The molecule has 0 bridgehead atoms. The van der Waals surface area contributed by atoms with Crippen LogP contribution >= 0.6 is 0 Å². The van der Waals surface area contributed by atoms with Crippen molar-refractivity contribution in [1.29, 1.82) is 0 Å². The standard InChI is InChI=1S/C15H24N4O2/c1-15(5-2-8-21-15)11-18-14(20)17-9-12-3-4-13-16-6-7-19(13)10-12/h6-7,12H,2-5,8-11H2,1H3,(H2,17,18,20)/t12-,15-/m0/s1. The highest BCUT2D eigenvalue weighted by Crippen LogP contribution is 2.23. The van der Waals surface area contributed by atoms with Crippen LogP contribution in [0.2, 0.25) is 0 Å². The van der Waals surface area contributed by atoms with Gasteiger partial charge >= 0.3 is 6.03 Å². The number of nitrogens with zero attached hydrogens (tertiary/aromatic N) is 2. The molecule has 0 saturated carbocycles. The molecule has 1 aromatic heterocycles. The summed E-state index contributed by atoms with van der Waals surface area (Å²) in [4.78, 5) is 16.2. The number of hydrogen-bond donors (Lipinski definition) is 2. The van der Waals surface area contributed by atoms with Crippen molar-refractivity contribution in [2.45, 2.75) is 44.8 Å². The average molecular weight is 292 g/mol. The maximum absolute atomic E-state index is 11.9. The van der Waals surface area contributed by atoms with Crippen molar-refractivity contribution in [3.05, 3.63) is 18.2 Å². The summed E-state index contributed by atoms with van der Waals surface area (Å²) in [5, 5.41) is 5.90. The Balaban J connectivity index is 1.38. The summed E-state index contributed by atoms with van der Waals surface area (Å²) in [6.45, 7) is 5.09. The molecule has 2 N–H and O–H groups in total. The van der Waals surface area contributed by atoms with Gasteiger partial charge in [0, 0.05) is 45.1 Å². The van der Waals surface area contributed by atoms with E-state index in [1.807, 2.05) is 12.4 Å². The molecule has 3 rings (SSSR count). The van der Waals surface area contributed by atoms with Crippen molar-refractivity contribution in [2.75, 3.05) is 19.7 Å². The summed E-state index contributed by atoms with van der Waals surface area (Å²) in [6.07, 6.45) is 8.03. The Hall–Kier alpha value is -1.56. The van der Waals surface area contributed by atoms with Crippen molar-refractivity contribution >= 4 is 6.03 Å². The normalized spacial score (nSPS) is 28.1. The maximum atomic E-state index is 11.9. The minimum absolute atomic E-state index is 0.0943. The van der Waals surface area contributed by atoms with E-state index >= 15 is 0 Å². The third-order valence-corrected chi connectivity index (χ3v) is 4.51. The number of nitrogens with one attached hydrogen (secondary N) is 2. The van der Waals surface area contributed by atoms with E-state index in [2.05, 4.69) is 27.1 Å². The second-order valence-corrected chi connectivity index (χ2v) is 6.37. The molecule has 3 heterocycles. The molecule has 0 aliphatic carbocycles. The number of urea groups is 1. The van der Waals surface area contributed by atoms with Gasteiger partial charge in [-0.15, -0.1) is 0 Å². The highest BCUT2D eigenvalue weighted by molar-refractivity contribution is 5.73. The summed E-state index contributed by atoms with van der Waals surface area (Å²) >= 11 is 0. The van der Waals surface area contributed by atoms with Crippen LogP contribution in [-0.4, -0.2) is 40.9 Å². The molecule has 2 aliphatic rings. The van der Waals surface area contributed by atoms with E-state index in [-0.39, 0.29) is 11.6 Å². The van der Waals surface area contributed by atoms with E-state index in [0.717, 1.165) is 44.7 Å². The zero-order valence-corrected chi connectivity index (χ0v) is 12.6. The lowest BCUT2D eigenvalue weighted by atomic mass is 9.99. The largest absolute Gasteiger partial charge is 0.373 e. The first-order valence-electron chi connectivity index (χ1n) is 7.80. The molecule has 1 aromatic rings. The molecule has 21 heavy (non-hydrogen) atoms. The summed E-state index contributed by atoms with van der Waals surface area (Å²) in [5.41, 5.74) is -0.187. The summed E-state index contributed by atoms with van der Waals surface area (Å²) in [6, 6.07) is -0.0943. The van der Waals surface area contributed by atoms with Crippen LogP contribution in [0, 0.1) is 5.92 Å². The van der Waals surface area contributed by atoms with E-state index in [1.54, 1.807) is 0 Å². The smallest absolute Gasteiger partial charge is 0.314 e. The number of aromatic nitrogens is 2. The topological polar surface area (TPSA) is 68.2 Å². The average Bonchev–Trinajstić information content (AvgIpc) is 3.11. The predicted octanol–water partition coefficient (Wildman–Crippen LogP) is 1.31. The molecule has 116 valence electrons. The van der Waals surface area contributed by atoms with Gasteiger partial charge in [-0.05, 0) is 32.1 Å². The Labute approximate surface area is 125 Å². The zero-order chi connectivity index (χ0) is 14.7. The van der Waals surface area contributed by atoms with Gasteiger partial charge in [0.1, 0.15) is 5.82 Å². The van der Waals surface area contributed by atoms with Crippen LogP contribution in [0.15, 0.2) is 12.4 Å². The fourth-order valence-corrected chi connectivity index (χ4v) is 3.15. The van der Waals surface area contributed by atoms with Gasteiger partial charge in [-0.3, -0.25) is 0 Å². The van der Waals surface area contributed by atoms with E-state index < -0.39 is 0 Å². The molecule has 0 aromatic carbocycles. The Kier molecular flexibility index (Phi) is 4.14. The number of hydrogen-bond acceptors (Lipinski definition) is 3. The van der Waals surface area contributed by atoms with Crippen LogP contribution in [0.1, 0.15) is 32.0 Å². The number of ether oxygens (including phenoxy) is 1. The number of rotatable bonds is 4. The third kappa shape index (κ3) is 3.56. The highest BCUT2D eigenvalue weighted by atomic mass is 16.5.